The predicted octanol–water partition coefficient (Wildman–Crippen LogP) is 0.991. The third-order valence-electron chi connectivity index (χ3n) is 2.66. The van der Waals surface area contributed by atoms with Gasteiger partial charge in [-0.3, -0.25) is 0 Å². The molecule has 1 heterocycles. The molecule has 7 heteroatoms. The van der Waals surface area contributed by atoms with E-state index in [-0.39, 0.29) is 15.6 Å². The molecular formula is C12H13N3O2S2. The van der Waals surface area contributed by atoms with Gasteiger partial charge in [-0.05, 0) is 12.1 Å². The van der Waals surface area contributed by atoms with Gasteiger partial charge in [0.05, 0.1) is 17.0 Å². The molecule has 0 saturated heterocycles. The average Bonchev–Trinajstić information content (AvgIpc) is 2.90. The molecule has 0 fully saturated rings. The van der Waals surface area contributed by atoms with Crippen molar-refractivity contribution in [3.8, 4) is 0 Å². The van der Waals surface area contributed by atoms with E-state index in [1.165, 1.54) is 6.07 Å². The van der Waals surface area contributed by atoms with Gasteiger partial charge in [0.15, 0.2) is 9.84 Å². The Morgan fingerprint density at radius 3 is 2.84 bits per heavy atom. The first-order valence-corrected chi connectivity index (χ1v) is 7.63. The zero-order chi connectivity index (χ0) is 13.9. The molecule has 100 valence electrons. The molecule has 1 aromatic carbocycles. The molecule has 19 heavy (non-hydrogen) atoms. The monoisotopic (exact) mass is 295 g/mol. The molecule has 2 N–H and O–H groups in total. The van der Waals surface area contributed by atoms with Crippen LogP contribution in [-0.4, -0.2) is 28.7 Å². The lowest BCUT2D eigenvalue weighted by Gasteiger charge is -2.06. The predicted molar refractivity (Wildman–Crippen MR) is 76.6 cm³/mol. The first-order chi connectivity index (χ1) is 8.99. The van der Waals surface area contributed by atoms with Crippen molar-refractivity contribution < 1.29 is 8.42 Å². The first kappa shape index (κ1) is 13.7. The van der Waals surface area contributed by atoms with Crippen molar-refractivity contribution in [3.63, 3.8) is 0 Å². The average molecular weight is 295 g/mol. The minimum Gasteiger partial charge on any atom is -0.389 e. The van der Waals surface area contributed by atoms with E-state index in [0.717, 1.165) is 0 Å². The fraction of sp³-hybridized carbons (Fsp3) is 0.167. The Morgan fingerprint density at radius 1 is 1.42 bits per heavy atom. The molecule has 0 spiro atoms. The quantitative estimate of drug-likeness (QED) is 0.832. The van der Waals surface area contributed by atoms with E-state index in [1.54, 1.807) is 41.5 Å². The molecule has 0 radical (unpaired) electrons. The van der Waals surface area contributed by atoms with Gasteiger partial charge in [-0.2, -0.15) is 0 Å². The van der Waals surface area contributed by atoms with Crippen molar-refractivity contribution in [2.45, 2.75) is 11.4 Å². The lowest BCUT2D eigenvalue weighted by molar-refractivity contribution is 0.589. The van der Waals surface area contributed by atoms with Gasteiger partial charge in [-0.1, -0.05) is 24.4 Å². The molecule has 0 saturated carbocycles. The van der Waals surface area contributed by atoms with Gasteiger partial charge in [0, 0.05) is 24.5 Å². The Bertz CT molecular complexity index is 679. The molecule has 0 atom stereocenters. The Hall–Kier alpha value is -1.73. The van der Waals surface area contributed by atoms with Crippen LogP contribution in [0.5, 0.6) is 0 Å². The van der Waals surface area contributed by atoms with Crippen molar-refractivity contribution in [1.82, 2.24) is 9.55 Å². The number of nitrogens with zero attached hydrogens (tertiary/aromatic N) is 2. The van der Waals surface area contributed by atoms with Crippen LogP contribution in [0.4, 0.5) is 0 Å². The zero-order valence-electron chi connectivity index (χ0n) is 10.1. The topological polar surface area (TPSA) is 78.0 Å². The van der Waals surface area contributed by atoms with Gasteiger partial charge in [0.1, 0.15) is 4.99 Å². The first-order valence-electron chi connectivity index (χ1n) is 5.57. The summed E-state index contributed by atoms with van der Waals surface area (Å²) in [6.07, 6.45) is 4.92. The molecule has 0 aliphatic rings. The van der Waals surface area contributed by atoms with E-state index in [0.29, 0.717) is 12.1 Å². The number of benzene rings is 1. The summed E-state index contributed by atoms with van der Waals surface area (Å²) in [6, 6.07) is 6.38. The Labute approximate surface area is 117 Å². The summed E-state index contributed by atoms with van der Waals surface area (Å²) < 4.78 is 26.1. The normalized spacial score (nSPS) is 11.4. The standard InChI is InChI=1S/C12H13N3O2S2/c13-12(18)10-2-1-3-11(8-10)19(16,17)7-6-15-5-4-14-9-15/h1-5,8-9H,6-7H2,(H2,13,18). The molecule has 0 bridgehead atoms. The zero-order valence-corrected chi connectivity index (χ0v) is 11.7. The van der Waals surface area contributed by atoms with E-state index >= 15 is 0 Å². The van der Waals surface area contributed by atoms with Crippen LogP contribution in [0.3, 0.4) is 0 Å². The molecule has 0 aliphatic carbocycles. The molecule has 1 aromatic heterocycles. The van der Waals surface area contributed by atoms with E-state index in [4.69, 9.17) is 18.0 Å². The van der Waals surface area contributed by atoms with E-state index < -0.39 is 9.84 Å². The van der Waals surface area contributed by atoms with Crippen LogP contribution in [0.1, 0.15) is 5.56 Å². The van der Waals surface area contributed by atoms with Crippen LogP contribution in [0.2, 0.25) is 0 Å². The van der Waals surface area contributed by atoms with Crippen molar-refractivity contribution in [3.05, 3.63) is 48.5 Å². The molecular weight excluding hydrogens is 282 g/mol. The highest BCUT2D eigenvalue weighted by atomic mass is 32.2. The highest BCUT2D eigenvalue weighted by molar-refractivity contribution is 7.91. The van der Waals surface area contributed by atoms with Gasteiger partial charge < -0.3 is 10.3 Å². The third-order valence-corrected chi connectivity index (χ3v) is 4.58. The largest absolute Gasteiger partial charge is 0.389 e. The fourth-order valence-electron chi connectivity index (χ4n) is 1.61. The number of aryl methyl sites for hydroxylation is 1. The second-order valence-electron chi connectivity index (χ2n) is 4.01. The SMILES string of the molecule is NC(=S)c1cccc(S(=O)(=O)CCn2ccnc2)c1. The fourth-order valence-corrected chi connectivity index (χ4v) is 3.01. The molecule has 5 nitrogen and oxygen atoms in total. The summed E-state index contributed by atoms with van der Waals surface area (Å²) in [5.74, 6) is 0.00411. The van der Waals surface area contributed by atoms with Crippen LogP contribution in [0.15, 0.2) is 47.9 Å². The third kappa shape index (κ3) is 3.39. The summed E-state index contributed by atoms with van der Waals surface area (Å²) >= 11 is 4.84. The van der Waals surface area contributed by atoms with Crippen LogP contribution in [-0.2, 0) is 16.4 Å². The smallest absolute Gasteiger partial charge is 0.180 e. The molecule has 2 aromatic rings. The number of hydrogen-bond acceptors (Lipinski definition) is 4. The van der Waals surface area contributed by atoms with E-state index in [2.05, 4.69) is 4.98 Å². The summed E-state index contributed by atoms with van der Waals surface area (Å²) in [5, 5.41) is 0. The lowest BCUT2D eigenvalue weighted by Crippen LogP contribution is -2.14. The maximum atomic E-state index is 12.2. The molecule has 0 amide bonds. The van der Waals surface area contributed by atoms with E-state index in [1.807, 2.05) is 0 Å². The minimum absolute atomic E-state index is 0.00411. The van der Waals surface area contributed by atoms with Gasteiger partial charge >= 0.3 is 0 Å². The van der Waals surface area contributed by atoms with E-state index in [9.17, 15) is 8.42 Å². The minimum atomic E-state index is -3.36. The summed E-state index contributed by atoms with van der Waals surface area (Å²) in [6.45, 7) is 0.361. The van der Waals surface area contributed by atoms with Crippen LogP contribution >= 0.6 is 12.2 Å². The van der Waals surface area contributed by atoms with Crippen LogP contribution in [0, 0.1) is 0 Å². The van der Waals surface area contributed by atoms with Gasteiger partial charge in [0.25, 0.3) is 0 Å². The van der Waals surface area contributed by atoms with Crippen molar-refractivity contribution in [2.75, 3.05) is 5.75 Å². The maximum absolute atomic E-state index is 12.2. The van der Waals surface area contributed by atoms with Crippen LogP contribution in [0.25, 0.3) is 0 Å². The number of nitrogens with two attached hydrogens (primary N) is 1. The summed E-state index contributed by atoms with van der Waals surface area (Å²) in [4.78, 5) is 4.29. The Kier molecular flexibility index (Phi) is 3.96. The van der Waals surface area contributed by atoms with Gasteiger partial charge in [0.2, 0.25) is 0 Å². The van der Waals surface area contributed by atoms with Gasteiger partial charge in [-0.25, -0.2) is 13.4 Å². The summed E-state index contributed by atoms with van der Waals surface area (Å²) in [7, 11) is -3.36. The second kappa shape index (κ2) is 5.50. The van der Waals surface area contributed by atoms with Crippen LogP contribution < -0.4 is 5.73 Å². The highest BCUT2D eigenvalue weighted by Crippen LogP contribution is 2.14. The van der Waals surface area contributed by atoms with Crippen molar-refractivity contribution in [2.24, 2.45) is 5.73 Å². The Morgan fingerprint density at radius 2 is 2.21 bits per heavy atom. The number of imidazole rings is 1. The summed E-state index contributed by atoms with van der Waals surface area (Å²) in [5.41, 5.74) is 6.06. The lowest BCUT2D eigenvalue weighted by atomic mass is 10.2. The number of rotatable bonds is 5. The maximum Gasteiger partial charge on any atom is 0.180 e. The van der Waals surface area contributed by atoms with Crippen molar-refractivity contribution in [1.29, 1.82) is 0 Å². The molecule has 0 aliphatic heterocycles. The Balaban J connectivity index is 2.19. The van der Waals surface area contributed by atoms with Crippen molar-refractivity contribution >= 4 is 27.0 Å². The number of aromatic nitrogens is 2. The highest BCUT2D eigenvalue weighted by Gasteiger charge is 2.15. The number of thiocarbonyl (C=S) groups is 1. The number of hydrogen-bond donors (Lipinski definition) is 1. The molecule has 2 rings (SSSR count). The number of sulfone groups is 1. The van der Waals surface area contributed by atoms with Gasteiger partial charge in [-0.15, -0.1) is 0 Å². The molecule has 0 unspecified atom stereocenters. The second-order valence-corrected chi connectivity index (χ2v) is 6.56.